The lowest BCUT2D eigenvalue weighted by Gasteiger charge is -2.29. The molecule has 1 amide bonds. The van der Waals surface area contributed by atoms with Gasteiger partial charge in [-0.05, 0) is 32.0 Å². The molecule has 0 aliphatic carbocycles. The topological polar surface area (TPSA) is 55.1 Å². The summed E-state index contributed by atoms with van der Waals surface area (Å²) in [4.78, 5) is 11.9. The Balaban J connectivity index is 2.75. The van der Waals surface area contributed by atoms with Crippen molar-refractivity contribution in [2.45, 2.75) is 42.9 Å². The molecule has 0 heterocycles. The van der Waals surface area contributed by atoms with Crippen LogP contribution in [0.2, 0.25) is 0 Å². The van der Waals surface area contributed by atoms with Crippen molar-refractivity contribution in [1.82, 2.24) is 5.32 Å². The maximum Gasteiger partial charge on any atom is 0.237 e. The third kappa shape index (κ3) is 4.45. The number of amides is 1. The van der Waals surface area contributed by atoms with Gasteiger partial charge < -0.3 is 11.1 Å². The van der Waals surface area contributed by atoms with Crippen molar-refractivity contribution in [2.75, 3.05) is 6.54 Å². The number of carbonyl (C=O) groups is 1. The smallest absolute Gasteiger partial charge is 0.237 e. The minimum absolute atomic E-state index is 0.0495. The summed E-state index contributed by atoms with van der Waals surface area (Å²) in [6, 6.07) is 3.48. The number of likely N-dealkylation sites (N-methyl/N-ethyl adjacent to an activating group) is 1. The highest BCUT2D eigenvalue weighted by atomic mass is 32.2. The molecule has 112 valence electrons. The molecule has 0 radical (unpaired) electrons. The highest BCUT2D eigenvalue weighted by Gasteiger charge is 2.32. The molecule has 2 atom stereocenters. The van der Waals surface area contributed by atoms with Crippen molar-refractivity contribution in [3.05, 3.63) is 29.8 Å². The first kappa shape index (κ1) is 16.9. The van der Waals surface area contributed by atoms with E-state index in [2.05, 4.69) is 5.32 Å². The Morgan fingerprint density at radius 3 is 2.65 bits per heavy atom. The van der Waals surface area contributed by atoms with Crippen LogP contribution in [-0.4, -0.2) is 23.2 Å². The Hall–Kier alpha value is -1.14. The third-order valence-corrected chi connectivity index (χ3v) is 4.18. The molecule has 0 saturated heterocycles. The predicted molar refractivity (Wildman–Crippen MR) is 77.6 cm³/mol. The van der Waals surface area contributed by atoms with Crippen molar-refractivity contribution in [3.63, 3.8) is 0 Å². The first-order valence-electron chi connectivity index (χ1n) is 6.45. The monoisotopic (exact) mass is 302 g/mol. The van der Waals surface area contributed by atoms with E-state index < -0.39 is 23.1 Å². The molecular formula is C14H20F2N2OS. The van der Waals surface area contributed by atoms with Gasteiger partial charge in [-0.3, -0.25) is 4.79 Å². The normalized spacial score (nSPS) is 15.7. The van der Waals surface area contributed by atoms with Gasteiger partial charge in [0.25, 0.3) is 0 Å². The third-order valence-electron chi connectivity index (χ3n) is 3.03. The molecular weight excluding hydrogens is 282 g/mol. The van der Waals surface area contributed by atoms with Gasteiger partial charge in [-0.15, -0.1) is 11.8 Å². The van der Waals surface area contributed by atoms with Gasteiger partial charge in [0, 0.05) is 16.2 Å². The first-order valence-corrected chi connectivity index (χ1v) is 7.33. The molecule has 0 aromatic heterocycles. The van der Waals surface area contributed by atoms with Crippen molar-refractivity contribution in [3.8, 4) is 0 Å². The summed E-state index contributed by atoms with van der Waals surface area (Å²) in [6.45, 7) is 6.11. The number of nitrogens with one attached hydrogen (secondary N) is 1. The van der Waals surface area contributed by atoms with E-state index in [0.717, 1.165) is 6.07 Å². The van der Waals surface area contributed by atoms with E-state index >= 15 is 0 Å². The standard InChI is InChI=1S/C14H20F2N2OS/c1-4-18-14(3,13(17)19)8-9(2)20-12-6-5-10(15)7-11(12)16/h5-7,9,18H,4,8H2,1-3H3,(H2,17,19). The van der Waals surface area contributed by atoms with Gasteiger partial charge in [-0.2, -0.15) is 0 Å². The average molecular weight is 302 g/mol. The van der Waals surface area contributed by atoms with Crippen molar-refractivity contribution in [2.24, 2.45) is 5.73 Å². The van der Waals surface area contributed by atoms with E-state index in [1.165, 1.54) is 23.9 Å². The van der Waals surface area contributed by atoms with Gasteiger partial charge in [-0.1, -0.05) is 13.8 Å². The van der Waals surface area contributed by atoms with E-state index in [4.69, 9.17) is 5.73 Å². The second-order valence-electron chi connectivity index (χ2n) is 4.93. The zero-order valence-corrected chi connectivity index (χ0v) is 12.7. The molecule has 6 heteroatoms. The second-order valence-corrected chi connectivity index (χ2v) is 6.41. The first-order chi connectivity index (χ1) is 9.28. The molecule has 3 N–H and O–H groups in total. The maximum atomic E-state index is 13.6. The maximum absolute atomic E-state index is 13.6. The van der Waals surface area contributed by atoms with E-state index in [1.807, 2.05) is 13.8 Å². The highest BCUT2D eigenvalue weighted by molar-refractivity contribution is 8.00. The summed E-state index contributed by atoms with van der Waals surface area (Å²) in [5.74, 6) is -1.63. The number of hydrogen-bond acceptors (Lipinski definition) is 3. The lowest BCUT2D eigenvalue weighted by molar-refractivity contribution is -0.124. The average Bonchev–Trinajstić information content (AvgIpc) is 2.32. The van der Waals surface area contributed by atoms with Crippen molar-refractivity contribution >= 4 is 17.7 Å². The lowest BCUT2D eigenvalue weighted by atomic mass is 9.95. The van der Waals surface area contributed by atoms with Gasteiger partial charge in [0.15, 0.2) is 0 Å². The number of primary amides is 1. The summed E-state index contributed by atoms with van der Waals surface area (Å²) in [5, 5.41) is 3.01. The Morgan fingerprint density at radius 1 is 1.50 bits per heavy atom. The Kier molecular flexibility index (Phi) is 5.95. The number of halogens is 2. The van der Waals surface area contributed by atoms with Gasteiger partial charge in [0.05, 0.1) is 5.54 Å². The summed E-state index contributed by atoms with van der Waals surface area (Å²) in [7, 11) is 0. The number of hydrogen-bond donors (Lipinski definition) is 2. The number of carbonyl (C=O) groups excluding carboxylic acids is 1. The zero-order valence-electron chi connectivity index (χ0n) is 11.9. The fourth-order valence-electron chi connectivity index (χ4n) is 2.05. The molecule has 0 aliphatic rings. The second kappa shape index (κ2) is 7.04. The zero-order chi connectivity index (χ0) is 15.3. The van der Waals surface area contributed by atoms with Gasteiger partial charge in [0.2, 0.25) is 5.91 Å². The Morgan fingerprint density at radius 2 is 2.15 bits per heavy atom. The fourth-order valence-corrected chi connectivity index (χ4v) is 3.22. The van der Waals surface area contributed by atoms with Crippen LogP contribution in [0.1, 0.15) is 27.2 Å². The number of nitrogens with two attached hydrogens (primary N) is 1. The molecule has 20 heavy (non-hydrogen) atoms. The molecule has 0 bridgehead atoms. The highest BCUT2D eigenvalue weighted by Crippen LogP contribution is 2.30. The van der Waals surface area contributed by atoms with E-state index in [0.29, 0.717) is 17.9 Å². The van der Waals surface area contributed by atoms with Crippen LogP contribution in [0.15, 0.2) is 23.1 Å². The Bertz CT molecular complexity index is 484. The molecule has 0 fully saturated rings. The summed E-state index contributed by atoms with van der Waals surface area (Å²) < 4.78 is 26.4. The van der Waals surface area contributed by atoms with Crippen LogP contribution in [0.5, 0.6) is 0 Å². The van der Waals surface area contributed by atoms with Crippen molar-refractivity contribution < 1.29 is 13.6 Å². The van der Waals surface area contributed by atoms with Crippen molar-refractivity contribution in [1.29, 1.82) is 0 Å². The molecule has 3 nitrogen and oxygen atoms in total. The molecule has 1 rings (SSSR count). The van der Waals surface area contributed by atoms with Crippen LogP contribution in [0, 0.1) is 11.6 Å². The van der Waals surface area contributed by atoms with Crippen LogP contribution in [0.3, 0.4) is 0 Å². The molecule has 0 aliphatic heterocycles. The molecule has 2 unspecified atom stereocenters. The predicted octanol–water partition coefficient (Wildman–Crippen LogP) is 2.69. The van der Waals surface area contributed by atoms with E-state index in [-0.39, 0.29) is 5.25 Å². The van der Waals surface area contributed by atoms with Gasteiger partial charge in [0.1, 0.15) is 11.6 Å². The SMILES string of the molecule is CCNC(C)(CC(C)Sc1ccc(F)cc1F)C(N)=O. The minimum Gasteiger partial charge on any atom is -0.368 e. The minimum atomic E-state index is -0.836. The van der Waals surface area contributed by atoms with Crippen LogP contribution in [0.4, 0.5) is 8.78 Å². The number of benzene rings is 1. The summed E-state index contributed by atoms with van der Waals surface area (Å²) in [5.41, 5.74) is 4.58. The van der Waals surface area contributed by atoms with Crippen LogP contribution < -0.4 is 11.1 Å². The van der Waals surface area contributed by atoms with Crippen LogP contribution in [0.25, 0.3) is 0 Å². The molecule has 0 saturated carbocycles. The molecule has 0 spiro atoms. The lowest BCUT2D eigenvalue weighted by Crippen LogP contribution is -2.54. The van der Waals surface area contributed by atoms with Crippen LogP contribution >= 0.6 is 11.8 Å². The van der Waals surface area contributed by atoms with Gasteiger partial charge >= 0.3 is 0 Å². The Labute approximate surface area is 122 Å². The van der Waals surface area contributed by atoms with Crippen LogP contribution in [-0.2, 0) is 4.79 Å². The largest absolute Gasteiger partial charge is 0.368 e. The fraction of sp³-hybridized carbons (Fsp3) is 0.500. The summed E-state index contributed by atoms with van der Waals surface area (Å²) in [6.07, 6.45) is 0.456. The summed E-state index contributed by atoms with van der Waals surface area (Å²) >= 11 is 1.26. The molecule has 1 aromatic carbocycles. The number of rotatable bonds is 7. The van der Waals surface area contributed by atoms with Gasteiger partial charge in [-0.25, -0.2) is 8.78 Å². The van der Waals surface area contributed by atoms with E-state index in [9.17, 15) is 13.6 Å². The quantitative estimate of drug-likeness (QED) is 0.761. The number of thioether (sulfide) groups is 1. The van der Waals surface area contributed by atoms with E-state index in [1.54, 1.807) is 6.92 Å². The molecule has 1 aromatic rings.